The molecule has 1 fully saturated rings. The van der Waals surface area contributed by atoms with Crippen LogP contribution in [0.15, 0.2) is 18.2 Å². The standard InChI is InChI=1S/C16H15F3INO3/c1-24-13(22)6-21-8-15(7-16(15,18)19)11-4-9(12(17)5-20)2-3-10(11)14(21)23/h2-4,12H,5-8H2,1H3. The number of alkyl halides is 4. The lowest BCUT2D eigenvalue weighted by Gasteiger charge is -2.34. The van der Waals surface area contributed by atoms with Crippen molar-refractivity contribution in [3.63, 3.8) is 0 Å². The van der Waals surface area contributed by atoms with Gasteiger partial charge in [-0.2, -0.15) is 0 Å². The number of carbonyl (C=O) groups excluding carboxylic acids is 2. The zero-order valence-electron chi connectivity index (χ0n) is 12.8. The molecular formula is C16H15F3INO3. The molecule has 24 heavy (non-hydrogen) atoms. The molecule has 0 N–H and O–H groups in total. The molecule has 8 heteroatoms. The molecule has 2 atom stereocenters. The summed E-state index contributed by atoms with van der Waals surface area (Å²) in [5, 5.41) is 0. The van der Waals surface area contributed by atoms with E-state index in [1.54, 1.807) is 0 Å². The Kier molecular flexibility index (Phi) is 4.29. The molecule has 1 saturated carbocycles. The second-order valence-corrected chi connectivity index (χ2v) is 7.01. The molecular weight excluding hydrogens is 438 g/mol. The number of esters is 1. The number of benzene rings is 1. The third-order valence-corrected chi connectivity index (χ3v) is 5.45. The molecule has 2 aliphatic rings. The minimum atomic E-state index is -2.98. The second kappa shape index (κ2) is 5.89. The van der Waals surface area contributed by atoms with Crippen molar-refractivity contribution in [3.8, 4) is 0 Å². The zero-order chi connectivity index (χ0) is 17.7. The third kappa shape index (κ3) is 2.58. The van der Waals surface area contributed by atoms with Gasteiger partial charge in [-0.25, -0.2) is 13.2 Å². The Morgan fingerprint density at radius 1 is 1.46 bits per heavy atom. The number of fused-ring (bicyclic) bond motifs is 2. The van der Waals surface area contributed by atoms with Crippen molar-refractivity contribution < 1.29 is 27.5 Å². The molecule has 1 amide bonds. The highest BCUT2D eigenvalue weighted by Gasteiger charge is 2.74. The molecule has 1 aromatic rings. The summed E-state index contributed by atoms with van der Waals surface area (Å²) < 4.78 is 46.9. The predicted molar refractivity (Wildman–Crippen MR) is 88.3 cm³/mol. The van der Waals surface area contributed by atoms with Crippen molar-refractivity contribution in [1.82, 2.24) is 4.90 Å². The van der Waals surface area contributed by atoms with Gasteiger partial charge in [-0.15, -0.1) is 0 Å². The number of carbonyl (C=O) groups is 2. The van der Waals surface area contributed by atoms with Crippen LogP contribution in [-0.2, 0) is 14.9 Å². The molecule has 3 rings (SSSR count). The van der Waals surface area contributed by atoms with Gasteiger partial charge >= 0.3 is 5.97 Å². The largest absolute Gasteiger partial charge is 0.468 e. The van der Waals surface area contributed by atoms with Gasteiger partial charge in [0.15, 0.2) is 0 Å². The van der Waals surface area contributed by atoms with E-state index >= 15 is 0 Å². The summed E-state index contributed by atoms with van der Waals surface area (Å²) in [7, 11) is 1.17. The third-order valence-electron chi connectivity index (χ3n) is 4.68. The second-order valence-electron chi connectivity index (χ2n) is 6.13. The van der Waals surface area contributed by atoms with Crippen LogP contribution in [-0.4, -0.2) is 47.3 Å². The molecule has 1 spiro atoms. The summed E-state index contributed by atoms with van der Waals surface area (Å²) in [5.74, 6) is -4.16. The van der Waals surface area contributed by atoms with Crippen LogP contribution >= 0.6 is 22.6 Å². The van der Waals surface area contributed by atoms with Gasteiger partial charge in [0.25, 0.3) is 11.8 Å². The van der Waals surface area contributed by atoms with Gasteiger partial charge in [-0.05, 0) is 17.2 Å². The van der Waals surface area contributed by atoms with Crippen LogP contribution in [0, 0.1) is 0 Å². The zero-order valence-corrected chi connectivity index (χ0v) is 15.0. The highest BCUT2D eigenvalue weighted by atomic mass is 127. The van der Waals surface area contributed by atoms with Crippen molar-refractivity contribution in [2.24, 2.45) is 0 Å². The summed E-state index contributed by atoms with van der Waals surface area (Å²) in [5.41, 5.74) is -0.958. The molecule has 1 heterocycles. The Hall–Kier alpha value is -1.32. The molecule has 0 aromatic heterocycles. The summed E-state index contributed by atoms with van der Waals surface area (Å²) >= 11 is 1.88. The van der Waals surface area contributed by atoms with Crippen molar-refractivity contribution in [1.29, 1.82) is 0 Å². The van der Waals surface area contributed by atoms with Crippen LogP contribution in [0.1, 0.15) is 34.1 Å². The SMILES string of the molecule is COC(=O)CN1CC2(CC2(F)F)c2cc(C(F)CI)ccc2C1=O. The summed E-state index contributed by atoms with van der Waals surface area (Å²) in [6.07, 6.45) is -1.69. The quantitative estimate of drug-likeness (QED) is 0.400. The van der Waals surface area contributed by atoms with Crippen LogP contribution < -0.4 is 0 Å². The topological polar surface area (TPSA) is 46.6 Å². The normalized spacial score (nSPS) is 25.4. The summed E-state index contributed by atoms with van der Waals surface area (Å²) in [4.78, 5) is 25.1. The van der Waals surface area contributed by atoms with E-state index < -0.39 is 35.8 Å². The molecule has 0 saturated heterocycles. The Labute approximate surface area is 150 Å². The number of ether oxygens (including phenoxy) is 1. The van der Waals surface area contributed by atoms with Crippen LogP contribution in [0.2, 0.25) is 0 Å². The fourth-order valence-corrected chi connectivity index (χ4v) is 3.74. The van der Waals surface area contributed by atoms with E-state index in [9.17, 15) is 22.8 Å². The lowest BCUT2D eigenvalue weighted by molar-refractivity contribution is -0.141. The van der Waals surface area contributed by atoms with E-state index in [0.29, 0.717) is 5.56 Å². The average Bonchev–Trinajstić information content (AvgIpc) is 3.12. The molecule has 1 aliphatic heterocycles. The van der Waals surface area contributed by atoms with Gasteiger partial charge in [-0.1, -0.05) is 34.7 Å². The van der Waals surface area contributed by atoms with E-state index in [4.69, 9.17) is 0 Å². The summed E-state index contributed by atoms with van der Waals surface area (Å²) in [6, 6.07) is 4.20. The monoisotopic (exact) mass is 453 g/mol. The molecule has 0 radical (unpaired) electrons. The highest BCUT2D eigenvalue weighted by Crippen LogP contribution is 2.64. The molecule has 1 aliphatic carbocycles. The lowest BCUT2D eigenvalue weighted by Crippen LogP contribution is -2.47. The Morgan fingerprint density at radius 3 is 2.67 bits per heavy atom. The van der Waals surface area contributed by atoms with Crippen LogP contribution in [0.4, 0.5) is 13.2 Å². The van der Waals surface area contributed by atoms with Gasteiger partial charge in [0, 0.05) is 23.0 Å². The van der Waals surface area contributed by atoms with E-state index in [1.807, 2.05) is 22.6 Å². The first-order valence-electron chi connectivity index (χ1n) is 7.34. The first-order valence-corrected chi connectivity index (χ1v) is 8.86. The molecule has 0 bridgehead atoms. The first-order chi connectivity index (χ1) is 11.3. The maximum Gasteiger partial charge on any atom is 0.325 e. The number of methoxy groups -OCH3 is 1. The fourth-order valence-electron chi connectivity index (χ4n) is 3.23. The van der Waals surface area contributed by atoms with Gasteiger partial charge in [0.1, 0.15) is 12.7 Å². The number of halogens is 4. The van der Waals surface area contributed by atoms with Gasteiger partial charge in [0.2, 0.25) is 0 Å². The average molecular weight is 453 g/mol. The number of amides is 1. The van der Waals surface area contributed by atoms with Gasteiger partial charge in [-0.3, -0.25) is 9.59 Å². The highest BCUT2D eigenvalue weighted by molar-refractivity contribution is 14.1. The maximum absolute atomic E-state index is 14.1. The van der Waals surface area contributed by atoms with Crippen LogP contribution in [0.5, 0.6) is 0 Å². The number of hydrogen-bond donors (Lipinski definition) is 0. The minimum Gasteiger partial charge on any atom is -0.468 e. The van der Waals surface area contributed by atoms with E-state index in [2.05, 4.69) is 4.74 Å². The number of rotatable bonds is 4. The van der Waals surface area contributed by atoms with Crippen molar-refractivity contribution in [3.05, 3.63) is 34.9 Å². The van der Waals surface area contributed by atoms with Gasteiger partial charge < -0.3 is 9.64 Å². The predicted octanol–water partition coefficient (Wildman–Crippen LogP) is 3.04. The Morgan fingerprint density at radius 2 is 2.12 bits per heavy atom. The first kappa shape index (κ1) is 17.5. The maximum atomic E-state index is 14.1. The molecule has 1 aromatic carbocycles. The van der Waals surface area contributed by atoms with E-state index in [1.165, 1.54) is 25.3 Å². The number of hydrogen-bond acceptors (Lipinski definition) is 3. The van der Waals surface area contributed by atoms with Crippen molar-refractivity contribution in [2.45, 2.75) is 23.9 Å². The van der Waals surface area contributed by atoms with Crippen molar-refractivity contribution >= 4 is 34.5 Å². The number of nitrogens with zero attached hydrogens (tertiary/aromatic N) is 1. The Bertz CT molecular complexity index is 712. The molecule has 130 valence electrons. The van der Waals surface area contributed by atoms with Crippen LogP contribution in [0.3, 0.4) is 0 Å². The summed E-state index contributed by atoms with van der Waals surface area (Å²) in [6.45, 7) is -0.653. The Balaban J connectivity index is 2.05. The van der Waals surface area contributed by atoms with E-state index in [-0.39, 0.29) is 28.6 Å². The smallest absolute Gasteiger partial charge is 0.325 e. The van der Waals surface area contributed by atoms with Crippen molar-refractivity contribution in [2.75, 3.05) is 24.6 Å². The lowest BCUT2D eigenvalue weighted by atomic mass is 9.84. The molecule has 4 nitrogen and oxygen atoms in total. The minimum absolute atomic E-state index is 0.103. The van der Waals surface area contributed by atoms with Gasteiger partial charge in [0.05, 0.1) is 12.5 Å². The van der Waals surface area contributed by atoms with E-state index in [0.717, 1.165) is 4.90 Å². The molecule has 2 unspecified atom stereocenters. The fraction of sp³-hybridized carbons (Fsp3) is 0.500. The van der Waals surface area contributed by atoms with Crippen LogP contribution in [0.25, 0.3) is 0 Å².